The van der Waals surface area contributed by atoms with E-state index in [1.807, 2.05) is 27.7 Å². The monoisotopic (exact) mass is 230 g/mol. The molecule has 3 atom stereocenters. The minimum atomic E-state index is -0.612. The van der Waals surface area contributed by atoms with Crippen molar-refractivity contribution in [2.45, 2.75) is 57.3 Å². The third-order valence-corrected chi connectivity index (χ3v) is 3.18. The second kappa shape index (κ2) is 2.97. The maximum Gasteiger partial charge on any atom is 0.190 e. The summed E-state index contributed by atoms with van der Waals surface area (Å²) in [5, 5.41) is 0. The summed E-state index contributed by atoms with van der Waals surface area (Å²) in [7, 11) is 0. The van der Waals surface area contributed by atoms with Crippen LogP contribution in [-0.2, 0) is 23.7 Å². The largest absolute Gasteiger partial charge is 0.347 e. The molecule has 3 aliphatic heterocycles. The highest BCUT2D eigenvalue weighted by Gasteiger charge is 2.64. The lowest BCUT2D eigenvalue weighted by Gasteiger charge is -2.28. The van der Waals surface area contributed by atoms with Crippen molar-refractivity contribution in [2.75, 3.05) is 13.2 Å². The van der Waals surface area contributed by atoms with Crippen LogP contribution in [0.3, 0.4) is 0 Å². The highest BCUT2D eigenvalue weighted by atomic mass is 16.9. The predicted octanol–water partition coefficient (Wildman–Crippen LogP) is 1.02. The molecule has 0 N–H and O–H groups in total. The third kappa shape index (κ3) is 1.50. The van der Waals surface area contributed by atoms with E-state index in [0.29, 0.717) is 13.2 Å². The smallest absolute Gasteiger partial charge is 0.190 e. The summed E-state index contributed by atoms with van der Waals surface area (Å²) in [6.45, 7) is 8.50. The van der Waals surface area contributed by atoms with Gasteiger partial charge in [0.2, 0.25) is 0 Å². The zero-order valence-corrected chi connectivity index (χ0v) is 10.1. The second-order valence-corrected chi connectivity index (χ2v) is 5.59. The summed E-state index contributed by atoms with van der Waals surface area (Å²) in [5.41, 5.74) is -0.512. The van der Waals surface area contributed by atoms with Crippen molar-refractivity contribution in [3.05, 3.63) is 0 Å². The summed E-state index contributed by atoms with van der Waals surface area (Å²) in [6, 6.07) is 0. The second-order valence-electron chi connectivity index (χ2n) is 5.59. The van der Waals surface area contributed by atoms with E-state index >= 15 is 0 Å². The zero-order valence-electron chi connectivity index (χ0n) is 10.1. The third-order valence-electron chi connectivity index (χ3n) is 3.18. The van der Waals surface area contributed by atoms with Crippen molar-refractivity contribution in [1.82, 2.24) is 0 Å². The molecular formula is C11H18O5. The first-order valence-electron chi connectivity index (χ1n) is 5.63. The van der Waals surface area contributed by atoms with Gasteiger partial charge in [0, 0.05) is 0 Å². The van der Waals surface area contributed by atoms with Gasteiger partial charge in [0.05, 0.1) is 13.2 Å². The molecule has 3 rings (SSSR count). The molecule has 0 aromatic rings. The molecule has 92 valence electrons. The van der Waals surface area contributed by atoms with Crippen molar-refractivity contribution in [1.29, 1.82) is 0 Å². The first kappa shape index (κ1) is 10.9. The van der Waals surface area contributed by atoms with E-state index < -0.39 is 17.2 Å². The molecule has 0 aliphatic carbocycles. The van der Waals surface area contributed by atoms with Gasteiger partial charge >= 0.3 is 0 Å². The van der Waals surface area contributed by atoms with E-state index in [0.717, 1.165) is 0 Å². The van der Waals surface area contributed by atoms with Gasteiger partial charge in [-0.25, -0.2) is 0 Å². The molecule has 0 aromatic heterocycles. The Balaban J connectivity index is 1.84. The predicted molar refractivity (Wildman–Crippen MR) is 53.6 cm³/mol. The van der Waals surface area contributed by atoms with Gasteiger partial charge in [0.1, 0.15) is 11.7 Å². The minimum absolute atomic E-state index is 0.204. The molecule has 0 unspecified atom stereocenters. The Morgan fingerprint density at radius 1 is 0.938 bits per heavy atom. The van der Waals surface area contributed by atoms with E-state index in [1.165, 1.54) is 0 Å². The van der Waals surface area contributed by atoms with Gasteiger partial charge in [-0.3, -0.25) is 0 Å². The van der Waals surface area contributed by atoms with Crippen LogP contribution in [0, 0.1) is 0 Å². The molecule has 3 heterocycles. The van der Waals surface area contributed by atoms with Crippen molar-refractivity contribution < 1.29 is 23.7 Å². The molecule has 0 saturated carbocycles. The van der Waals surface area contributed by atoms with E-state index in [1.54, 1.807) is 0 Å². The van der Waals surface area contributed by atoms with Gasteiger partial charge < -0.3 is 23.7 Å². The highest BCUT2D eigenvalue weighted by Crippen LogP contribution is 2.46. The molecule has 16 heavy (non-hydrogen) atoms. The number of rotatable bonds is 0. The number of fused-ring (bicyclic) bond motifs is 2. The average molecular weight is 230 g/mol. The molecule has 3 saturated heterocycles. The Morgan fingerprint density at radius 3 is 2.31 bits per heavy atom. The van der Waals surface area contributed by atoms with Crippen LogP contribution in [0.5, 0.6) is 0 Å². The van der Waals surface area contributed by atoms with Crippen molar-refractivity contribution in [2.24, 2.45) is 0 Å². The first-order chi connectivity index (χ1) is 7.32. The fraction of sp³-hybridized carbons (Fsp3) is 1.00. The molecule has 0 aromatic carbocycles. The quantitative estimate of drug-likeness (QED) is 0.621. The van der Waals surface area contributed by atoms with Crippen LogP contribution in [0.4, 0.5) is 0 Å². The lowest BCUT2D eigenvalue weighted by atomic mass is 10.0. The topological polar surface area (TPSA) is 46.2 Å². The Labute approximate surface area is 94.9 Å². The summed E-state index contributed by atoms with van der Waals surface area (Å²) < 4.78 is 28.7. The van der Waals surface area contributed by atoms with Crippen LogP contribution in [0.2, 0.25) is 0 Å². The van der Waals surface area contributed by atoms with Crippen LogP contribution in [0.25, 0.3) is 0 Å². The molecule has 3 fully saturated rings. The minimum Gasteiger partial charge on any atom is -0.347 e. The van der Waals surface area contributed by atoms with Crippen LogP contribution in [0.1, 0.15) is 27.7 Å². The fourth-order valence-corrected chi connectivity index (χ4v) is 2.57. The number of ether oxygens (including phenoxy) is 5. The van der Waals surface area contributed by atoms with Gasteiger partial charge in [-0.15, -0.1) is 0 Å². The maximum atomic E-state index is 5.95. The van der Waals surface area contributed by atoms with Crippen LogP contribution < -0.4 is 0 Å². The molecule has 0 amide bonds. The van der Waals surface area contributed by atoms with Crippen LogP contribution in [0.15, 0.2) is 0 Å². The van der Waals surface area contributed by atoms with Crippen molar-refractivity contribution in [3.8, 4) is 0 Å². The van der Waals surface area contributed by atoms with Crippen molar-refractivity contribution in [3.63, 3.8) is 0 Å². The fourth-order valence-electron chi connectivity index (χ4n) is 2.57. The molecule has 0 bridgehead atoms. The molecule has 1 spiro atoms. The Kier molecular flexibility index (Phi) is 2.03. The van der Waals surface area contributed by atoms with E-state index in [9.17, 15) is 0 Å². The summed E-state index contributed by atoms with van der Waals surface area (Å²) in [6.07, 6.45) is -0.545. The Morgan fingerprint density at radius 2 is 1.69 bits per heavy atom. The summed E-state index contributed by atoms with van der Waals surface area (Å²) in [5.74, 6) is -1.19. The van der Waals surface area contributed by atoms with Crippen molar-refractivity contribution >= 4 is 0 Å². The van der Waals surface area contributed by atoms with Crippen LogP contribution >= 0.6 is 0 Å². The van der Waals surface area contributed by atoms with E-state index in [-0.39, 0.29) is 12.4 Å². The lowest BCUT2D eigenvalue weighted by molar-refractivity contribution is -0.225. The van der Waals surface area contributed by atoms with Gasteiger partial charge in [0.15, 0.2) is 17.9 Å². The highest BCUT2D eigenvalue weighted by molar-refractivity contribution is 5.03. The zero-order chi connectivity index (χ0) is 11.6. The number of hydrogen-bond donors (Lipinski definition) is 0. The Hall–Kier alpha value is -0.200. The molecular weight excluding hydrogens is 212 g/mol. The summed E-state index contributed by atoms with van der Waals surface area (Å²) >= 11 is 0. The molecule has 0 radical (unpaired) electrons. The number of hydrogen-bond acceptors (Lipinski definition) is 5. The normalized spacial score (nSPS) is 48.8. The van der Waals surface area contributed by atoms with E-state index in [2.05, 4.69) is 0 Å². The Bertz CT molecular complexity index is 311. The molecule has 5 heteroatoms. The van der Waals surface area contributed by atoms with Gasteiger partial charge in [-0.1, -0.05) is 0 Å². The SMILES string of the molecule is CC1(C)O[C@@H]2OC[C@@]3(COC(C)(C)O3)[C@@H]2O1. The van der Waals surface area contributed by atoms with E-state index in [4.69, 9.17) is 23.7 Å². The van der Waals surface area contributed by atoms with Crippen LogP contribution in [-0.4, -0.2) is 42.8 Å². The lowest BCUT2D eigenvalue weighted by Crippen LogP contribution is -2.47. The summed E-state index contributed by atoms with van der Waals surface area (Å²) in [4.78, 5) is 0. The van der Waals surface area contributed by atoms with Gasteiger partial charge in [-0.2, -0.15) is 0 Å². The standard InChI is InChI=1S/C11H18O5/c1-9(2)13-6-11(16-9)5-12-8-7(11)14-10(3,4)15-8/h7-8H,5-6H2,1-4H3/t7-,8+,11-/m1/s1. The molecule has 5 nitrogen and oxygen atoms in total. The molecule has 3 aliphatic rings. The average Bonchev–Trinajstić information content (AvgIpc) is 2.69. The first-order valence-corrected chi connectivity index (χ1v) is 5.63. The van der Waals surface area contributed by atoms with Gasteiger partial charge in [0.25, 0.3) is 0 Å². The van der Waals surface area contributed by atoms with Gasteiger partial charge in [-0.05, 0) is 27.7 Å². The maximum absolute atomic E-state index is 5.95.